The summed E-state index contributed by atoms with van der Waals surface area (Å²) in [6.45, 7) is -3.17. The zero-order valence-corrected chi connectivity index (χ0v) is 6.60. The molecule has 0 aliphatic rings. The summed E-state index contributed by atoms with van der Waals surface area (Å²) < 4.78 is 52.6. The number of benzene rings is 1. The standard InChI is InChI=1S/C8H3F4NO/c9-6-1-4(14-8(11)12)2-7(10)5(6)3-13/h1-2,8H. The average molecular weight is 205 g/mol. The number of ether oxygens (including phenoxy) is 1. The van der Waals surface area contributed by atoms with Gasteiger partial charge in [-0.25, -0.2) is 8.78 Å². The zero-order valence-electron chi connectivity index (χ0n) is 6.60. The fourth-order valence-corrected chi connectivity index (χ4v) is 0.828. The largest absolute Gasteiger partial charge is 0.435 e. The molecule has 0 fully saturated rings. The van der Waals surface area contributed by atoms with Crippen LogP contribution in [0.1, 0.15) is 5.56 Å². The number of halogens is 4. The number of hydrogen-bond donors (Lipinski definition) is 0. The molecule has 0 saturated carbocycles. The van der Waals surface area contributed by atoms with Crippen molar-refractivity contribution >= 4 is 0 Å². The summed E-state index contributed by atoms with van der Waals surface area (Å²) in [6, 6.07) is 2.29. The van der Waals surface area contributed by atoms with E-state index in [1.165, 1.54) is 6.07 Å². The molecule has 6 heteroatoms. The van der Waals surface area contributed by atoms with Crippen molar-refractivity contribution in [2.75, 3.05) is 0 Å². The van der Waals surface area contributed by atoms with Crippen LogP contribution in [-0.2, 0) is 0 Å². The number of alkyl halides is 2. The van der Waals surface area contributed by atoms with Gasteiger partial charge in [0.15, 0.2) is 0 Å². The normalized spacial score (nSPS) is 10.0. The molecule has 0 bridgehead atoms. The summed E-state index contributed by atoms with van der Waals surface area (Å²) in [5.74, 6) is -3.12. The van der Waals surface area contributed by atoms with Gasteiger partial charge in [-0.1, -0.05) is 0 Å². The summed E-state index contributed by atoms with van der Waals surface area (Å²) >= 11 is 0. The number of hydrogen-bond acceptors (Lipinski definition) is 2. The maximum absolute atomic E-state index is 12.8. The van der Waals surface area contributed by atoms with E-state index in [2.05, 4.69) is 4.74 Å². The van der Waals surface area contributed by atoms with E-state index in [1.807, 2.05) is 0 Å². The van der Waals surface area contributed by atoms with Crippen LogP contribution in [0.25, 0.3) is 0 Å². The minimum Gasteiger partial charge on any atom is -0.435 e. The summed E-state index contributed by atoms with van der Waals surface area (Å²) in [5.41, 5.74) is -0.827. The molecule has 14 heavy (non-hydrogen) atoms. The molecule has 1 aromatic rings. The maximum atomic E-state index is 12.8. The quantitative estimate of drug-likeness (QED) is 0.694. The second-order valence-corrected chi connectivity index (χ2v) is 2.25. The van der Waals surface area contributed by atoms with Gasteiger partial charge in [0.1, 0.15) is 29.0 Å². The summed E-state index contributed by atoms with van der Waals surface area (Å²) in [6.07, 6.45) is 0. The van der Waals surface area contributed by atoms with E-state index in [4.69, 9.17) is 5.26 Å². The lowest BCUT2D eigenvalue weighted by molar-refractivity contribution is -0.0501. The van der Waals surface area contributed by atoms with Crippen LogP contribution >= 0.6 is 0 Å². The molecule has 0 saturated heterocycles. The first kappa shape index (κ1) is 10.3. The fourth-order valence-electron chi connectivity index (χ4n) is 0.828. The minimum absolute atomic E-state index is 0.522. The molecular formula is C8H3F4NO. The second-order valence-electron chi connectivity index (χ2n) is 2.25. The molecule has 0 heterocycles. The van der Waals surface area contributed by atoms with Gasteiger partial charge >= 0.3 is 6.61 Å². The van der Waals surface area contributed by atoms with Crippen molar-refractivity contribution in [2.45, 2.75) is 6.61 Å². The van der Waals surface area contributed by atoms with Crippen LogP contribution in [0.4, 0.5) is 17.6 Å². The summed E-state index contributed by atoms with van der Waals surface area (Å²) in [7, 11) is 0. The van der Waals surface area contributed by atoms with Crippen molar-refractivity contribution in [1.82, 2.24) is 0 Å². The van der Waals surface area contributed by atoms with E-state index in [-0.39, 0.29) is 0 Å². The van der Waals surface area contributed by atoms with Gasteiger partial charge in [0.2, 0.25) is 0 Å². The predicted molar refractivity (Wildman–Crippen MR) is 37.7 cm³/mol. The Morgan fingerprint density at radius 2 is 1.71 bits per heavy atom. The van der Waals surface area contributed by atoms with Crippen molar-refractivity contribution in [1.29, 1.82) is 5.26 Å². The number of nitrogens with zero attached hydrogens (tertiary/aromatic N) is 1. The molecule has 0 radical (unpaired) electrons. The highest BCUT2D eigenvalue weighted by Crippen LogP contribution is 2.21. The molecule has 0 N–H and O–H groups in total. The molecule has 0 amide bonds. The molecule has 0 aromatic heterocycles. The van der Waals surface area contributed by atoms with Gasteiger partial charge in [0, 0.05) is 12.1 Å². The zero-order chi connectivity index (χ0) is 10.7. The summed E-state index contributed by atoms with van der Waals surface area (Å²) in [5, 5.41) is 8.25. The van der Waals surface area contributed by atoms with Gasteiger partial charge in [0.05, 0.1) is 0 Å². The predicted octanol–water partition coefficient (Wildman–Crippen LogP) is 2.44. The molecule has 1 aromatic carbocycles. The van der Waals surface area contributed by atoms with Gasteiger partial charge in [-0.15, -0.1) is 0 Å². The first-order chi connectivity index (χ1) is 6.54. The van der Waals surface area contributed by atoms with Crippen LogP contribution in [0.15, 0.2) is 12.1 Å². The average Bonchev–Trinajstić information content (AvgIpc) is 2.01. The SMILES string of the molecule is N#Cc1c(F)cc(OC(F)F)cc1F. The lowest BCUT2D eigenvalue weighted by atomic mass is 10.2. The highest BCUT2D eigenvalue weighted by molar-refractivity contribution is 5.37. The third-order valence-electron chi connectivity index (χ3n) is 1.35. The Balaban J connectivity index is 3.09. The highest BCUT2D eigenvalue weighted by atomic mass is 19.3. The van der Waals surface area contributed by atoms with Crippen LogP contribution in [0.2, 0.25) is 0 Å². The monoisotopic (exact) mass is 205 g/mol. The molecule has 1 rings (SSSR count). The van der Waals surface area contributed by atoms with Crippen LogP contribution in [0, 0.1) is 23.0 Å². The minimum atomic E-state index is -3.17. The van der Waals surface area contributed by atoms with E-state index in [1.54, 1.807) is 0 Å². The summed E-state index contributed by atoms with van der Waals surface area (Å²) in [4.78, 5) is 0. The molecule has 0 atom stereocenters. The Morgan fingerprint density at radius 3 is 2.07 bits per heavy atom. The number of rotatable bonds is 2. The smallest absolute Gasteiger partial charge is 0.387 e. The first-order valence-corrected chi connectivity index (χ1v) is 3.38. The molecule has 0 spiro atoms. The van der Waals surface area contributed by atoms with Gasteiger partial charge in [-0.05, 0) is 0 Å². The Morgan fingerprint density at radius 1 is 1.21 bits per heavy atom. The van der Waals surface area contributed by atoms with Crippen molar-refractivity contribution in [2.24, 2.45) is 0 Å². The third-order valence-corrected chi connectivity index (χ3v) is 1.35. The van der Waals surface area contributed by atoms with Gasteiger partial charge < -0.3 is 4.74 Å². The lowest BCUT2D eigenvalue weighted by Gasteiger charge is -2.04. The number of nitriles is 1. The third kappa shape index (κ3) is 2.13. The maximum Gasteiger partial charge on any atom is 0.387 e. The van der Waals surface area contributed by atoms with Crippen LogP contribution in [0.5, 0.6) is 5.75 Å². The molecular weight excluding hydrogens is 202 g/mol. The van der Waals surface area contributed by atoms with Crippen LogP contribution in [0.3, 0.4) is 0 Å². The Labute approximate surface area is 76.3 Å². The van der Waals surface area contributed by atoms with Gasteiger partial charge in [0.25, 0.3) is 0 Å². The van der Waals surface area contributed by atoms with Crippen molar-refractivity contribution in [3.8, 4) is 11.8 Å². The Hall–Kier alpha value is -1.77. The Kier molecular flexibility index (Phi) is 2.92. The van der Waals surface area contributed by atoms with E-state index in [0.717, 1.165) is 0 Å². The lowest BCUT2D eigenvalue weighted by Crippen LogP contribution is -2.03. The van der Waals surface area contributed by atoms with E-state index < -0.39 is 29.6 Å². The van der Waals surface area contributed by atoms with E-state index in [0.29, 0.717) is 12.1 Å². The van der Waals surface area contributed by atoms with Gasteiger partial charge in [-0.3, -0.25) is 0 Å². The Bertz CT molecular complexity index is 362. The van der Waals surface area contributed by atoms with Crippen molar-refractivity contribution < 1.29 is 22.3 Å². The molecule has 2 nitrogen and oxygen atoms in total. The van der Waals surface area contributed by atoms with Crippen LogP contribution < -0.4 is 4.74 Å². The fraction of sp³-hybridized carbons (Fsp3) is 0.125. The van der Waals surface area contributed by atoms with E-state index in [9.17, 15) is 17.6 Å². The van der Waals surface area contributed by atoms with E-state index >= 15 is 0 Å². The van der Waals surface area contributed by atoms with Crippen molar-refractivity contribution in [3.63, 3.8) is 0 Å². The molecule has 0 aliphatic heterocycles. The molecule has 0 aliphatic carbocycles. The highest BCUT2D eigenvalue weighted by Gasteiger charge is 2.13. The molecule has 0 unspecified atom stereocenters. The topological polar surface area (TPSA) is 33.0 Å². The first-order valence-electron chi connectivity index (χ1n) is 3.38. The van der Waals surface area contributed by atoms with Crippen LogP contribution in [-0.4, -0.2) is 6.61 Å². The van der Waals surface area contributed by atoms with Gasteiger partial charge in [-0.2, -0.15) is 14.0 Å². The molecule has 74 valence electrons. The van der Waals surface area contributed by atoms with Crippen molar-refractivity contribution in [3.05, 3.63) is 29.3 Å². The second kappa shape index (κ2) is 3.96.